The molecule has 5 heteroatoms. The number of carbonyl (C=O) groups is 2. The molecular formula is C13H23NO4. The number of ether oxygens (including phenoxy) is 1. The van der Waals surface area contributed by atoms with Crippen LogP contribution < -0.4 is 0 Å². The molecule has 1 heterocycles. The molecule has 0 aromatic carbocycles. The van der Waals surface area contributed by atoms with E-state index in [0.717, 1.165) is 13.1 Å². The molecule has 1 N–H and O–H groups in total. The third-order valence-corrected chi connectivity index (χ3v) is 3.43. The van der Waals surface area contributed by atoms with Crippen LogP contribution in [0.5, 0.6) is 0 Å². The van der Waals surface area contributed by atoms with Crippen LogP contribution >= 0.6 is 0 Å². The fourth-order valence-electron chi connectivity index (χ4n) is 2.17. The van der Waals surface area contributed by atoms with Gasteiger partial charge in [-0.3, -0.25) is 4.79 Å². The molecule has 0 aromatic rings. The van der Waals surface area contributed by atoms with E-state index in [1.165, 1.54) is 25.7 Å². The molecule has 1 aliphatic heterocycles. The van der Waals surface area contributed by atoms with Crippen LogP contribution in [0.15, 0.2) is 0 Å². The van der Waals surface area contributed by atoms with Gasteiger partial charge in [0.2, 0.25) is 0 Å². The zero-order valence-corrected chi connectivity index (χ0v) is 11.4. The Balaban J connectivity index is 0.000000492. The molecule has 1 aliphatic carbocycles. The molecule has 0 bridgehead atoms. The van der Waals surface area contributed by atoms with Crippen molar-refractivity contribution in [3.63, 3.8) is 0 Å². The summed E-state index contributed by atoms with van der Waals surface area (Å²) in [7, 11) is 0. The lowest BCUT2D eigenvalue weighted by atomic mass is 9.94. The van der Waals surface area contributed by atoms with Crippen molar-refractivity contribution in [1.82, 2.24) is 4.90 Å². The van der Waals surface area contributed by atoms with Gasteiger partial charge in [-0.05, 0) is 51.9 Å². The number of amides is 1. The monoisotopic (exact) mass is 257 g/mol. The summed E-state index contributed by atoms with van der Waals surface area (Å²) in [5.74, 6) is 0. The molecule has 0 atom stereocenters. The second-order valence-corrected chi connectivity index (χ2v) is 6.07. The van der Waals surface area contributed by atoms with Gasteiger partial charge in [-0.25, -0.2) is 4.79 Å². The molecule has 0 aromatic heterocycles. The summed E-state index contributed by atoms with van der Waals surface area (Å²) < 4.78 is 5.35. The summed E-state index contributed by atoms with van der Waals surface area (Å²) in [6.07, 6.45) is 4.95. The molecular weight excluding hydrogens is 234 g/mol. The Hall–Kier alpha value is -1.26. The maximum atomic E-state index is 11.7. The Morgan fingerprint density at radius 3 is 2.00 bits per heavy atom. The second kappa shape index (κ2) is 5.59. The second-order valence-electron chi connectivity index (χ2n) is 6.07. The van der Waals surface area contributed by atoms with Gasteiger partial charge in [-0.15, -0.1) is 0 Å². The molecule has 1 spiro atoms. The third-order valence-electron chi connectivity index (χ3n) is 3.43. The molecule has 18 heavy (non-hydrogen) atoms. The van der Waals surface area contributed by atoms with E-state index in [9.17, 15) is 4.79 Å². The lowest BCUT2D eigenvalue weighted by molar-refractivity contribution is -0.122. The highest BCUT2D eigenvalue weighted by atomic mass is 16.6. The number of hydrogen-bond donors (Lipinski definition) is 1. The van der Waals surface area contributed by atoms with Crippen molar-refractivity contribution in [2.24, 2.45) is 5.41 Å². The van der Waals surface area contributed by atoms with E-state index in [0.29, 0.717) is 5.41 Å². The summed E-state index contributed by atoms with van der Waals surface area (Å²) in [6.45, 7) is 7.26. The SMILES string of the molecule is CC(C)(C)OC(=O)N1CCC2(CC1)CC2.O=CO. The number of carboxylic acid groups (broad SMARTS) is 1. The number of piperidine rings is 1. The first kappa shape index (κ1) is 14.8. The summed E-state index contributed by atoms with van der Waals surface area (Å²) in [5, 5.41) is 6.89. The number of rotatable bonds is 0. The molecule has 1 amide bonds. The zero-order chi connectivity index (χ0) is 13.8. The standard InChI is InChI=1S/C12H21NO2.CH2O2/c1-11(2,3)15-10(14)13-8-6-12(4-5-12)7-9-13;2-1-3/h4-9H2,1-3H3;1H,(H,2,3). The molecule has 0 unspecified atom stereocenters. The molecule has 5 nitrogen and oxygen atoms in total. The van der Waals surface area contributed by atoms with Crippen molar-refractivity contribution in [2.75, 3.05) is 13.1 Å². The molecule has 0 radical (unpaired) electrons. The van der Waals surface area contributed by atoms with E-state index in [-0.39, 0.29) is 18.2 Å². The van der Waals surface area contributed by atoms with Crippen LogP contribution in [0.4, 0.5) is 4.79 Å². The largest absolute Gasteiger partial charge is 0.483 e. The predicted octanol–water partition coefficient (Wildman–Crippen LogP) is 2.50. The summed E-state index contributed by atoms with van der Waals surface area (Å²) in [5.41, 5.74) is 0.254. The van der Waals surface area contributed by atoms with Gasteiger partial charge in [0.1, 0.15) is 5.60 Å². The maximum absolute atomic E-state index is 11.7. The maximum Gasteiger partial charge on any atom is 0.410 e. The van der Waals surface area contributed by atoms with Gasteiger partial charge in [0.25, 0.3) is 6.47 Å². The lowest BCUT2D eigenvalue weighted by Gasteiger charge is -2.33. The van der Waals surface area contributed by atoms with Crippen molar-refractivity contribution < 1.29 is 19.4 Å². The Kier molecular flexibility index (Phi) is 4.59. The Morgan fingerprint density at radius 2 is 1.67 bits per heavy atom. The van der Waals surface area contributed by atoms with Gasteiger partial charge in [0.15, 0.2) is 0 Å². The number of hydrogen-bond acceptors (Lipinski definition) is 3. The minimum absolute atomic E-state index is 0.141. The van der Waals surface area contributed by atoms with E-state index in [1.54, 1.807) is 0 Å². The van der Waals surface area contributed by atoms with Crippen molar-refractivity contribution in [3.8, 4) is 0 Å². The van der Waals surface area contributed by atoms with Gasteiger partial charge in [0.05, 0.1) is 0 Å². The molecule has 2 rings (SSSR count). The first-order valence-corrected chi connectivity index (χ1v) is 6.38. The predicted molar refractivity (Wildman–Crippen MR) is 67.4 cm³/mol. The number of nitrogens with zero attached hydrogens (tertiary/aromatic N) is 1. The molecule has 1 saturated carbocycles. The van der Waals surface area contributed by atoms with Crippen LogP contribution in [-0.4, -0.2) is 41.3 Å². The van der Waals surface area contributed by atoms with Gasteiger partial charge in [-0.2, -0.15) is 0 Å². The Morgan fingerprint density at radius 1 is 1.22 bits per heavy atom. The van der Waals surface area contributed by atoms with E-state index < -0.39 is 0 Å². The van der Waals surface area contributed by atoms with E-state index in [1.807, 2.05) is 25.7 Å². The van der Waals surface area contributed by atoms with Gasteiger partial charge >= 0.3 is 6.09 Å². The van der Waals surface area contributed by atoms with Crippen LogP contribution in [-0.2, 0) is 9.53 Å². The first-order chi connectivity index (χ1) is 8.32. The zero-order valence-electron chi connectivity index (χ0n) is 11.4. The Labute approximate surface area is 108 Å². The highest BCUT2D eigenvalue weighted by Crippen LogP contribution is 2.53. The summed E-state index contributed by atoms with van der Waals surface area (Å²) >= 11 is 0. The number of carbonyl (C=O) groups excluding carboxylic acids is 1. The minimum atomic E-state index is -0.369. The quantitative estimate of drug-likeness (QED) is 0.677. The molecule has 1 saturated heterocycles. The van der Waals surface area contributed by atoms with E-state index in [2.05, 4.69) is 0 Å². The Bertz CT molecular complexity index is 295. The van der Waals surface area contributed by atoms with Crippen molar-refractivity contribution in [3.05, 3.63) is 0 Å². The molecule has 2 aliphatic rings. The van der Waals surface area contributed by atoms with E-state index in [4.69, 9.17) is 14.6 Å². The summed E-state index contributed by atoms with van der Waals surface area (Å²) in [6, 6.07) is 0. The van der Waals surface area contributed by atoms with Crippen LogP contribution in [0, 0.1) is 5.41 Å². The van der Waals surface area contributed by atoms with Crippen LogP contribution in [0.3, 0.4) is 0 Å². The average molecular weight is 257 g/mol. The highest BCUT2D eigenvalue weighted by Gasteiger charge is 2.45. The minimum Gasteiger partial charge on any atom is -0.483 e. The highest BCUT2D eigenvalue weighted by molar-refractivity contribution is 5.68. The van der Waals surface area contributed by atoms with Crippen molar-refractivity contribution in [1.29, 1.82) is 0 Å². The fraction of sp³-hybridized carbons (Fsp3) is 0.846. The van der Waals surface area contributed by atoms with E-state index >= 15 is 0 Å². The fourth-order valence-corrected chi connectivity index (χ4v) is 2.17. The van der Waals surface area contributed by atoms with Crippen LogP contribution in [0.1, 0.15) is 46.5 Å². The topological polar surface area (TPSA) is 66.8 Å². The lowest BCUT2D eigenvalue weighted by Crippen LogP contribution is -2.42. The normalized spacial score (nSPS) is 20.7. The van der Waals surface area contributed by atoms with Crippen molar-refractivity contribution in [2.45, 2.75) is 52.1 Å². The first-order valence-electron chi connectivity index (χ1n) is 6.38. The van der Waals surface area contributed by atoms with Crippen LogP contribution in [0.25, 0.3) is 0 Å². The van der Waals surface area contributed by atoms with Gasteiger partial charge in [-0.1, -0.05) is 0 Å². The smallest absolute Gasteiger partial charge is 0.410 e. The average Bonchev–Trinajstić information content (AvgIpc) is 2.97. The number of likely N-dealkylation sites (tertiary alicyclic amines) is 1. The van der Waals surface area contributed by atoms with Gasteiger partial charge in [0, 0.05) is 13.1 Å². The summed E-state index contributed by atoms with van der Waals surface area (Å²) in [4.78, 5) is 22.0. The third kappa shape index (κ3) is 4.55. The van der Waals surface area contributed by atoms with Gasteiger partial charge < -0.3 is 14.7 Å². The molecule has 104 valence electrons. The van der Waals surface area contributed by atoms with Crippen LogP contribution in [0.2, 0.25) is 0 Å². The van der Waals surface area contributed by atoms with Crippen molar-refractivity contribution >= 4 is 12.6 Å². The molecule has 2 fully saturated rings.